The highest BCUT2D eigenvalue weighted by atomic mass is 32.2. The summed E-state index contributed by atoms with van der Waals surface area (Å²) in [6, 6.07) is 7.98. The molecule has 0 aromatic heterocycles. The number of allylic oxidation sites excluding steroid dienone is 1. The lowest BCUT2D eigenvalue weighted by Gasteiger charge is -2.36. The van der Waals surface area contributed by atoms with Crippen molar-refractivity contribution in [2.75, 3.05) is 20.1 Å². The second kappa shape index (κ2) is 10.4. The van der Waals surface area contributed by atoms with Crippen LogP contribution in [0, 0.1) is 6.92 Å². The number of nitrogens with zero attached hydrogens (tertiary/aromatic N) is 3. The number of amides is 1. The van der Waals surface area contributed by atoms with Crippen molar-refractivity contribution in [1.82, 2.24) is 15.1 Å². The van der Waals surface area contributed by atoms with Crippen LogP contribution >= 0.6 is 11.8 Å². The van der Waals surface area contributed by atoms with Crippen molar-refractivity contribution >= 4 is 28.8 Å². The number of aryl methyl sites for hydroxylation is 1. The van der Waals surface area contributed by atoms with Gasteiger partial charge in [-0.1, -0.05) is 41.6 Å². The second-order valence-electron chi connectivity index (χ2n) is 9.58. The standard InChI is InChI=1S/C26H34N4O3S/c1-16(2)33-25(32)23-18(4)27-26-30(24(23)19-8-6-17(3)7-9-19)21(15-34-26)14-22(31)28-20-10-12-29(5)13-11-20/h6-9,15-16,20,24H,10-14H2,1-5H3,(H,28,31). The van der Waals surface area contributed by atoms with E-state index in [1.165, 1.54) is 11.8 Å². The number of esters is 1. The van der Waals surface area contributed by atoms with Crippen molar-refractivity contribution in [3.05, 3.63) is 57.8 Å². The van der Waals surface area contributed by atoms with Gasteiger partial charge in [-0.05, 0) is 71.6 Å². The van der Waals surface area contributed by atoms with E-state index >= 15 is 0 Å². The third kappa shape index (κ3) is 5.39. The quantitative estimate of drug-likeness (QED) is 0.615. The number of amidine groups is 1. The lowest BCUT2D eigenvalue weighted by molar-refractivity contribution is -0.143. The number of aliphatic imine (C=N–C) groups is 1. The van der Waals surface area contributed by atoms with Gasteiger partial charge in [0.05, 0.1) is 29.8 Å². The number of piperidine rings is 1. The van der Waals surface area contributed by atoms with E-state index in [0.29, 0.717) is 11.3 Å². The third-order valence-electron chi connectivity index (χ3n) is 6.38. The molecule has 0 aliphatic carbocycles. The molecule has 1 aromatic carbocycles. The van der Waals surface area contributed by atoms with E-state index in [1.54, 1.807) is 0 Å². The van der Waals surface area contributed by atoms with Crippen molar-refractivity contribution in [2.24, 2.45) is 4.99 Å². The van der Waals surface area contributed by atoms with E-state index in [4.69, 9.17) is 9.73 Å². The van der Waals surface area contributed by atoms with Crippen LogP contribution in [0.1, 0.15) is 57.2 Å². The van der Waals surface area contributed by atoms with Crippen molar-refractivity contribution in [3.8, 4) is 0 Å². The van der Waals surface area contributed by atoms with Gasteiger partial charge in [-0.3, -0.25) is 4.79 Å². The minimum absolute atomic E-state index is 0.00268. The number of thioether (sulfide) groups is 1. The summed E-state index contributed by atoms with van der Waals surface area (Å²) in [6.45, 7) is 9.57. The van der Waals surface area contributed by atoms with Gasteiger partial charge in [0, 0.05) is 11.7 Å². The predicted molar refractivity (Wildman–Crippen MR) is 136 cm³/mol. The van der Waals surface area contributed by atoms with Gasteiger partial charge in [0.15, 0.2) is 5.17 Å². The maximum absolute atomic E-state index is 13.2. The van der Waals surface area contributed by atoms with E-state index in [0.717, 1.165) is 47.9 Å². The number of benzene rings is 1. The number of rotatable bonds is 6. The van der Waals surface area contributed by atoms with Crippen LogP contribution in [0.15, 0.2) is 51.6 Å². The van der Waals surface area contributed by atoms with E-state index < -0.39 is 6.04 Å². The van der Waals surface area contributed by atoms with Gasteiger partial charge >= 0.3 is 5.97 Å². The molecule has 7 nitrogen and oxygen atoms in total. The molecule has 4 rings (SSSR count). The first-order valence-corrected chi connectivity index (χ1v) is 12.8. The zero-order chi connectivity index (χ0) is 24.4. The van der Waals surface area contributed by atoms with Crippen LogP contribution in [0.4, 0.5) is 0 Å². The summed E-state index contributed by atoms with van der Waals surface area (Å²) in [5, 5.41) is 5.97. The number of carbonyl (C=O) groups excluding carboxylic acids is 2. The van der Waals surface area contributed by atoms with Crippen LogP contribution in [0.3, 0.4) is 0 Å². The highest BCUT2D eigenvalue weighted by molar-refractivity contribution is 8.16. The maximum Gasteiger partial charge on any atom is 0.338 e. The summed E-state index contributed by atoms with van der Waals surface area (Å²) in [6.07, 6.45) is 1.93. The van der Waals surface area contributed by atoms with Gasteiger partial charge in [0.25, 0.3) is 0 Å². The first-order chi connectivity index (χ1) is 16.2. The Balaban J connectivity index is 1.60. The Kier molecular flexibility index (Phi) is 7.48. The number of ether oxygens (including phenoxy) is 1. The topological polar surface area (TPSA) is 74.2 Å². The third-order valence-corrected chi connectivity index (χ3v) is 7.27. The fourth-order valence-electron chi connectivity index (χ4n) is 4.57. The fourth-order valence-corrected chi connectivity index (χ4v) is 5.53. The van der Waals surface area contributed by atoms with E-state index in [9.17, 15) is 9.59 Å². The number of nitrogens with one attached hydrogen (secondary N) is 1. The molecule has 0 saturated carbocycles. The number of fused-ring (bicyclic) bond motifs is 1. The SMILES string of the molecule is CC1=C(C(=O)OC(C)C)C(c2ccc(C)cc2)N2C(CC(=O)NC3CCN(C)CC3)=CSC2=N1. The molecule has 0 bridgehead atoms. The Bertz CT molecular complexity index is 1040. The Labute approximate surface area is 206 Å². The number of hydrogen-bond acceptors (Lipinski definition) is 7. The van der Waals surface area contributed by atoms with Gasteiger partial charge in [0.2, 0.25) is 5.91 Å². The molecule has 1 amide bonds. The van der Waals surface area contributed by atoms with E-state index in [1.807, 2.05) is 62.3 Å². The second-order valence-corrected chi connectivity index (χ2v) is 10.4. The summed E-state index contributed by atoms with van der Waals surface area (Å²) in [5.74, 6) is -0.365. The molecule has 1 atom stereocenters. The van der Waals surface area contributed by atoms with E-state index in [-0.39, 0.29) is 30.4 Å². The molecule has 1 saturated heterocycles. The Morgan fingerprint density at radius 3 is 2.50 bits per heavy atom. The number of likely N-dealkylation sites (tertiary alicyclic amines) is 1. The molecule has 1 aromatic rings. The predicted octanol–water partition coefficient (Wildman–Crippen LogP) is 4.12. The van der Waals surface area contributed by atoms with Crippen molar-refractivity contribution in [3.63, 3.8) is 0 Å². The summed E-state index contributed by atoms with van der Waals surface area (Å²) < 4.78 is 5.61. The van der Waals surface area contributed by atoms with Gasteiger partial charge in [-0.15, -0.1) is 0 Å². The van der Waals surface area contributed by atoms with Crippen LogP contribution < -0.4 is 5.32 Å². The lowest BCUT2D eigenvalue weighted by Crippen LogP contribution is -2.44. The molecule has 182 valence electrons. The normalized spacial score (nSPS) is 21.4. The Hall–Kier alpha value is -2.58. The molecule has 34 heavy (non-hydrogen) atoms. The van der Waals surface area contributed by atoms with Gasteiger partial charge in [0.1, 0.15) is 0 Å². The van der Waals surface area contributed by atoms with Gasteiger partial charge < -0.3 is 19.9 Å². The van der Waals surface area contributed by atoms with E-state index in [2.05, 4.69) is 17.3 Å². The van der Waals surface area contributed by atoms with Gasteiger partial charge in [-0.2, -0.15) is 0 Å². The fraction of sp³-hybridized carbons (Fsp3) is 0.500. The van der Waals surface area contributed by atoms with Crippen LogP contribution in [0.2, 0.25) is 0 Å². The molecule has 3 aliphatic heterocycles. The summed E-state index contributed by atoms with van der Waals surface area (Å²) in [7, 11) is 2.11. The molecule has 1 fully saturated rings. The number of carbonyl (C=O) groups is 2. The monoisotopic (exact) mass is 482 g/mol. The average Bonchev–Trinajstić information content (AvgIpc) is 3.16. The lowest BCUT2D eigenvalue weighted by atomic mass is 9.93. The van der Waals surface area contributed by atoms with Crippen molar-refractivity contribution in [1.29, 1.82) is 0 Å². The van der Waals surface area contributed by atoms with Crippen LogP contribution in [-0.4, -0.2) is 59.1 Å². The van der Waals surface area contributed by atoms with Crippen LogP contribution in [0.5, 0.6) is 0 Å². The minimum atomic E-state index is -0.392. The van der Waals surface area contributed by atoms with Crippen LogP contribution in [0.25, 0.3) is 0 Å². The smallest absolute Gasteiger partial charge is 0.338 e. The Morgan fingerprint density at radius 2 is 1.85 bits per heavy atom. The zero-order valence-electron chi connectivity index (χ0n) is 20.6. The van der Waals surface area contributed by atoms with Crippen LogP contribution in [-0.2, 0) is 14.3 Å². The minimum Gasteiger partial charge on any atom is -0.459 e. The largest absolute Gasteiger partial charge is 0.459 e. The highest BCUT2D eigenvalue weighted by Gasteiger charge is 2.41. The summed E-state index contributed by atoms with van der Waals surface area (Å²) in [5.41, 5.74) is 4.13. The first kappa shape index (κ1) is 24.5. The molecule has 8 heteroatoms. The summed E-state index contributed by atoms with van der Waals surface area (Å²) in [4.78, 5) is 35.2. The van der Waals surface area contributed by atoms with Crippen molar-refractivity contribution in [2.45, 2.75) is 65.1 Å². The van der Waals surface area contributed by atoms with Crippen molar-refractivity contribution < 1.29 is 14.3 Å². The Morgan fingerprint density at radius 1 is 1.18 bits per heavy atom. The molecular weight excluding hydrogens is 448 g/mol. The summed E-state index contributed by atoms with van der Waals surface area (Å²) >= 11 is 1.50. The average molecular weight is 483 g/mol. The zero-order valence-corrected chi connectivity index (χ0v) is 21.4. The molecule has 0 spiro atoms. The number of hydrogen-bond donors (Lipinski definition) is 1. The van der Waals surface area contributed by atoms with Gasteiger partial charge in [-0.25, -0.2) is 9.79 Å². The molecule has 1 unspecified atom stereocenters. The molecule has 1 N–H and O–H groups in total. The maximum atomic E-state index is 13.2. The highest BCUT2D eigenvalue weighted by Crippen LogP contribution is 2.45. The molecule has 3 aliphatic rings. The first-order valence-electron chi connectivity index (χ1n) is 11.9. The molecule has 3 heterocycles. The molecule has 0 radical (unpaired) electrons. The molecular formula is C26H34N4O3S.